The molecular weight excluding hydrogens is 270 g/mol. The summed E-state index contributed by atoms with van der Waals surface area (Å²) < 4.78 is 0. The van der Waals surface area contributed by atoms with Gasteiger partial charge in [0.25, 0.3) is 5.91 Å². The Kier molecular flexibility index (Phi) is 4.29. The molecule has 2 rings (SSSR count). The van der Waals surface area contributed by atoms with Gasteiger partial charge in [-0.1, -0.05) is 20.8 Å². The zero-order valence-electron chi connectivity index (χ0n) is 13.1. The van der Waals surface area contributed by atoms with Gasteiger partial charge in [-0.05, 0) is 19.8 Å². The van der Waals surface area contributed by atoms with Gasteiger partial charge in [-0.25, -0.2) is 4.98 Å². The molecule has 0 aliphatic carbocycles. The molecule has 7 nitrogen and oxygen atoms in total. The van der Waals surface area contributed by atoms with E-state index in [9.17, 15) is 9.59 Å². The quantitative estimate of drug-likeness (QED) is 0.864. The van der Waals surface area contributed by atoms with E-state index in [0.29, 0.717) is 5.82 Å². The molecule has 1 atom stereocenters. The maximum atomic E-state index is 12.1. The summed E-state index contributed by atoms with van der Waals surface area (Å²) >= 11 is 0. The van der Waals surface area contributed by atoms with Crippen molar-refractivity contribution < 1.29 is 9.59 Å². The second-order valence-electron chi connectivity index (χ2n) is 6.49. The minimum Gasteiger partial charge on any atom is -0.341 e. The van der Waals surface area contributed by atoms with Crippen LogP contribution in [0.1, 0.15) is 57.0 Å². The molecule has 1 aliphatic heterocycles. The molecule has 2 N–H and O–H groups in total. The summed E-state index contributed by atoms with van der Waals surface area (Å²) in [6.45, 7) is 9.18. The average Bonchev–Trinajstić information content (AvgIpc) is 3.08. The standard InChI is InChI=1S/C14H23N5O2/c1-9(12(21)19-7-5-6-8-19)15-11(20)10-16-13(18-17-10)14(2,3)4/h9H,5-8H2,1-4H3,(H,15,20)(H,16,17,18). The Bertz CT molecular complexity index is 526. The number of amides is 2. The largest absolute Gasteiger partial charge is 0.341 e. The monoisotopic (exact) mass is 293 g/mol. The van der Waals surface area contributed by atoms with Gasteiger partial charge < -0.3 is 10.2 Å². The number of aromatic amines is 1. The minimum atomic E-state index is -0.563. The first-order valence-electron chi connectivity index (χ1n) is 7.31. The predicted octanol–water partition coefficient (Wildman–Crippen LogP) is 0.843. The Morgan fingerprint density at radius 1 is 1.29 bits per heavy atom. The molecule has 21 heavy (non-hydrogen) atoms. The van der Waals surface area contributed by atoms with Crippen LogP contribution >= 0.6 is 0 Å². The van der Waals surface area contributed by atoms with Gasteiger partial charge in [0.2, 0.25) is 11.7 Å². The molecule has 0 saturated carbocycles. The van der Waals surface area contributed by atoms with Gasteiger partial charge in [-0.3, -0.25) is 14.7 Å². The number of H-pyrrole nitrogens is 1. The van der Waals surface area contributed by atoms with Crippen molar-refractivity contribution in [2.24, 2.45) is 0 Å². The van der Waals surface area contributed by atoms with Gasteiger partial charge in [0.1, 0.15) is 11.9 Å². The smallest absolute Gasteiger partial charge is 0.291 e. The Morgan fingerprint density at radius 3 is 2.43 bits per heavy atom. The number of nitrogens with zero attached hydrogens (tertiary/aromatic N) is 3. The molecule has 0 aromatic carbocycles. The SMILES string of the molecule is CC(NC(=O)c1n[nH]c(C(C)(C)C)n1)C(=O)N1CCCC1. The second kappa shape index (κ2) is 5.83. The molecule has 1 fully saturated rings. The highest BCUT2D eigenvalue weighted by molar-refractivity contribution is 5.94. The highest BCUT2D eigenvalue weighted by Crippen LogP contribution is 2.17. The normalized spacial score (nSPS) is 16.9. The van der Waals surface area contributed by atoms with Crippen molar-refractivity contribution in [1.82, 2.24) is 25.4 Å². The molecule has 2 heterocycles. The van der Waals surface area contributed by atoms with Crippen LogP contribution in [0.2, 0.25) is 0 Å². The fraction of sp³-hybridized carbons (Fsp3) is 0.714. The Balaban J connectivity index is 1.97. The van der Waals surface area contributed by atoms with E-state index in [-0.39, 0.29) is 17.1 Å². The molecule has 0 spiro atoms. The maximum Gasteiger partial charge on any atom is 0.291 e. The summed E-state index contributed by atoms with van der Waals surface area (Å²) in [5.74, 6) is 0.237. The van der Waals surface area contributed by atoms with Crippen molar-refractivity contribution in [2.75, 3.05) is 13.1 Å². The lowest BCUT2D eigenvalue weighted by atomic mass is 9.96. The lowest BCUT2D eigenvalue weighted by molar-refractivity contribution is -0.131. The number of hydrogen-bond acceptors (Lipinski definition) is 4. The van der Waals surface area contributed by atoms with E-state index in [4.69, 9.17) is 0 Å². The number of aromatic nitrogens is 3. The van der Waals surface area contributed by atoms with E-state index in [0.717, 1.165) is 25.9 Å². The molecule has 1 saturated heterocycles. The van der Waals surface area contributed by atoms with Crippen LogP contribution in [0.5, 0.6) is 0 Å². The van der Waals surface area contributed by atoms with Gasteiger partial charge >= 0.3 is 0 Å². The molecule has 1 aliphatic rings. The van der Waals surface area contributed by atoms with Gasteiger partial charge in [0, 0.05) is 18.5 Å². The first kappa shape index (κ1) is 15.5. The lowest BCUT2D eigenvalue weighted by Gasteiger charge is -2.20. The summed E-state index contributed by atoms with van der Waals surface area (Å²) in [5.41, 5.74) is -0.206. The van der Waals surface area contributed by atoms with Crippen LogP contribution < -0.4 is 5.32 Å². The van der Waals surface area contributed by atoms with Crippen molar-refractivity contribution in [1.29, 1.82) is 0 Å². The highest BCUT2D eigenvalue weighted by atomic mass is 16.2. The van der Waals surface area contributed by atoms with Crippen LogP contribution in [0, 0.1) is 0 Å². The number of nitrogens with one attached hydrogen (secondary N) is 2. The van der Waals surface area contributed by atoms with E-state index >= 15 is 0 Å². The van der Waals surface area contributed by atoms with Gasteiger partial charge in [0.05, 0.1) is 0 Å². The van der Waals surface area contributed by atoms with Crippen LogP contribution in [-0.2, 0) is 10.2 Å². The Hall–Kier alpha value is -1.92. The first-order chi connectivity index (χ1) is 9.79. The summed E-state index contributed by atoms with van der Waals surface area (Å²) in [7, 11) is 0. The topological polar surface area (TPSA) is 91.0 Å². The number of carbonyl (C=O) groups excluding carboxylic acids is 2. The summed E-state index contributed by atoms with van der Waals surface area (Å²) in [5, 5.41) is 9.35. The van der Waals surface area contributed by atoms with Crippen molar-refractivity contribution in [3.05, 3.63) is 11.6 Å². The molecule has 1 aromatic rings. The van der Waals surface area contributed by atoms with E-state index in [1.165, 1.54) is 0 Å². The van der Waals surface area contributed by atoms with E-state index in [1.54, 1.807) is 11.8 Å². The molecule has 1 unspecified atom stereocenters. The summed E-state index contributed by atoms with van der Waals surface area (Å²) in [6, 6.07) is -0.563. The van der Waals surface area contributed by atoms with Crippen molar-refractivity contribution in [3.8, 4) is 0 Å². The van der Waals surface area contributed by atoms with Crippen LogP contribution in [0.25, 0.3) is 0 Å². The zero-order chi connectivity index (χ0) is 15.6. The van der Waals surface area contributed by atoms with Crippen molar-refractivity contribution in [2.45, 2.75) is 52.0 Å². The highest BCUT2D eigenvalue weighted by Gasteiger charge is 2.26. The Morgan fingerprint density at radius 2 is 1.90 bits per heavy atom. The van der Waals surface area contributed by atoms with Crippen LogP contribution in [0.15, 0.2) is 0 Å². The minimum absolute atomic E-state index is 0.0487. The zero-order valence-corrected chi connectivity index (χ0v) is 13.1. The van der Waals surface area contributed by atoms with Crippen LogP contribution in [0.4, 0.5) is 0 Å². The first-order valence-corrected chi connectivity index (χ1v) is 7.31. The molecular formula is C14H23N5O2. The number of carbonyl (C=O) groups is 2. The van der Waals surface area contributed by atoms with Crippen molar-refractivity contribution in [3.63, 3.8) is 0 Å². The number of hydrogen-bond donors (Lipinski definition) is 2. The van der Waals surface area contributed by atoms with Crippen LogP contribution in [0.3, 0.4) is 0 Å². The molecule has 7 heteroatoms. The third-order valence-corrected chi connectivity index (χ3v) is 3.53. The predicted molar refractivity (Wildman–Crippen MR) is 77.8 cm³/mol. The number of likely N-dealkylation sites (tertiary alicyclic amines) is 1. The third kappa shape index (κ3) is 3.59. The van der Waals surface area contributed by atoms with Gasteiger partial charge in [-0.15, -0.1) is 5.10 Å². The van der Waals surface area contributed by atoms with E-state index in [2.05, 4.69) is 20.5 Å². The van der Waals surface area contributed by atoms with Gasteiger partial charge in [0.15, 0.2) is 0 Å². The maximum absolute atomic E-state index is 12.1. The molecule has 116 valence electrons. The summed E-state index contributed by atoms with van der Waals surface area (Å²) in [4.78, 5) is 30.2. The number of rotatable bonds is 3. The lowest BCUT2D eigenvalue weighted by Crippen LogP contribution is -2.46. The fourth-order valence-corrected chi connectivity index (χ4v) is 2.23. The Labute approximate surface area is 124 Å². The van der Waals surface area contributed by atoms with E-state index in [1.807, 2.05) is 20.8 Å². The fourth-order valence-electron chi connectivity index (χ4n) is 2.23. The molecule has 1 aromatic heterocycles. The van der Waals surface area contributed by atoms with E-state index < -0.39 is 11.9 Å². The molecule has 0 radical (unpaired) electrons. The summed E-state index contributed by atoms with van der Waals surface area (Å²) in [6.07, 6.45) is 2.06. The van der Waals surface area contributed by atoms with Crippen LogP contribution in [-0.4, -0.2) is 51.0 Å². The molecule has 2 amide bonds. The van der Waals surface area contributed by atoms with Gasteiger partial charge in [-0.2, -0.15) is 0 Å². The molecule has 0 bridgehead atoms. The van der Waals surface area contributed by atoms with Crippen molar-refractivity contribution >= 4 is 11.8 Å². The third-order valence-electron chi connectivity index (χ3n) is 3.53. The second-order valence-corrected chi connectivity index (χ2v) is 6.49. The average molecular weight is 293 g/mol.